The van der Waals surface area contributed by atoms with E-state index in [1.54, 1.807) is 0 Å². The molecule has 0 amide bonds. The van der Waals surface area contributed by atoms with Crippen molar-refractivity contribution < 1.29 is 4.79 Å². The van der Waals surface area contributed by atoms with Gasteiger partial charge >= 0.3 is 0 Å². The Bertz CT molecular complexity index is 636. The third-order valence-corrected chi connectivity index (χ3v) is 4.18. The highest BCUT2D eigenvalue weighted by molar-refractivity contribution is 5.97. The van der Waals surface area contributed by atoms with Crippen molar-refractivity contribution in [1.82, 2.24) is 4.57 Å². The van der Waals surface area contributed by atoms with Gasteiger partial charge in [-0.15, -0.1) is 0 Å². The van der Waals surface area contributed by atoms with Crippen LogP contribution in [0.15, 0.2) is 42.1 Å². The summed E-state index contributed by atoms with van der Waals surface area (Å²) < 4.78 is 2.22. The van der Waals surface area contributed by atoms with E-state index in [0.29, 0.717) is 5.92 Å². The molecule has 2 aromatic rings. The van der Waals surface area contributed by atoms with Crippen LogP contribution >= 0.6 is 0 Å². The SMILES string of the molecule is C[C@H]1CCCC=C1Cn1cc(C=O)c2ccccc21. The van der Waals surface area contributed by atoms with E-state index < -0.39 is 0 Å². The van der Waals surface area contributed by atoms with Crippen LogP contribution in [0.5, 0.6) is 0 Å². The molecular weight excluding hydrogens is 234 g/mol. The molecule has 0 aliphatic heterocycles. The molecule has 1 aromatic heterocycles. The lowest BCUT2D eigenvalue weighted by Gasteiger charge is -2.21. The summed E-state index contributed by atoms with van der Waals surface area (Å²) in [4.78, 5) is 11.2. The maximum Gasteiger partial charge on any atom is 0.152 e. The number of aldehydes is 1. The van der Waals surface area contributed by atoms with Gasteiger partial charge in [0.2, 0.25) is 0 Å². The predicted octanol–water partition coefficient (Wildman–Crippen LogP) is 4.20. The summed E-state index contributed by atoms with van der Waals surface area (Å²) in [6.07, 6.45) is 9.10. The first kappa shape index (κ1) is 12.2. The molecule has 0 unspecified atom stereocenters. The Morgan fingerprint density at radius 3 is 3.00 bits per heavy atom. The third-order valence-electron chi connectivity index (χ3n) is 4.18. The molecule has 0 spiro atoms. The maximum atomic E-state index is 11.2. The minimum absolute atomic E-state index is 0.662. The first-order valence-electron chi connectivity index (χ1n) is 7.01. The van der Waals surface area contributed by atoms with Crippen LogP contribution in [0.2, 0.25) is 0 Å². The molecule has 0 saturated carbocycles. The number of allylic oxidation sites excluding steroid dienone is 2. The van der Waals surface area contributed by atoms with Gasteiger partial charge in [0, 0.05) is 29.2 Å². The van der Waals surface area contributed by atoms with Crippen LogP contribution in [0.25, 0.3) is 10.9 Å². The third kappa shape index (κ3) is 2.23. The highest BCUT2D eigenvalue weighted by Gasteiger charge is 2.15. The molecule has 1 aliphatic rings. The quantitative estimate of drug-likeness (QED) is 0.593. The Balaban J connectivity index is 2.01. The fourth-order valence-electron chi connectivity index (χ4n) is 3.02. The minimum Gasteiger partial charge on any atom is -0.343 e. The predicted molar refractivity (Wildman–Crippen MR) is 78.4 cm³/mol. The molecule has 2 heteroatoms. The number of benzene rings is 1. The number of nitrogens with zero attached hydrogens (tertiary/aromatic N) is 1. The zero-order valence-electron chi connectivity index (χ0n) is 11.3. The Morgan fingerprint density at radius 2 is 2.21 bits per heavy atom. The van der Waals surface area contributed by atoms with Crippen molar-refractivity contribution in [2.24, 2.45) is 5.92 Å². The number of hydrogen-bond donors (Lipinski definition) is 0. The number of para-hydroxylation sites is 1. The van der Waals surface area contributed by atoms with Crippen molar-refractivity contribution in [3.05, 3.63) is 47.7 Å². The van der Waals surface area contributed by atoms with E-state index in [9.17, 15) is 4.79 Å². The first-order valence-corrected chi connectivity index (χ1v) is 7.01. The number of carbonyl (C=O) groups is 1. The van der Waals surface area contributed by atoms with Crippen LogP contribution < -0.4 is 0 Å². The molecule has 0 bridgehead atoms. The number of aromatic nitrogens is 1. The molecule has 1 atom stereocenters. The Kier molecular flexibility index (Phi) is 3.24. The Labute approximate surface area is 113 Å². The van der Waals surface area contributed by atoms with Gasteiger partial charge in [0.1, 0.15) is 0 Å². The molecule has 19 heavy (non-hydrogen) atoms. The topological polar surface area (TPSA) is 22.0 Å². The normalized spacial score (nSPS) is 19.4. The maximum absolute atomic E-state index is 11.2. The second kappa shape index (κ2) is 5.04. The molecule has 0 saturated heterocycles. The molecule has 2 nitrogen and oxygen atoms in total. The van der Waals surface area contributed by atoms with Crippen LogP contribution in [0.4, 0.5) is 0 Å². The number of fused-ring (bicyclic) bond motifs is 1. The largest absolute Gasteiger partial charge is 0.343 e. The zero-order chi connectivity index (χ0) is 13.2. The first-order chi connectivity index (χ1) is 9.29. The second-order valence-corrected chi connectivity index (χ2v) is 5.46. The van der Waals surface area contributed by atoms with Gasteiger partial charge in [0.15, 0.2) is 6.29 Å². The van der Waals surface area contributed by atoms with Gasteiger partial charge < -0.3 is 4.57 Å². The standard InChI is InChI=1S/C17H19NO/c1-13-6-2-3-7-14(13)10-18-11-15(12-19)16-8-4-5-9-17(16)18/h4-5,7-9,11-13H,2-3,6,10H2,1H3/t13-/m0/s1. The molecule has 1 heterocycles. The van der Waals surface area contributed by atoms with E-state index in [0.717, 1.165) is 29.3 Å². The van der Waals surface area contributed by atoms with Gasteiger partial charge in [-0.1, -0.05) is 36.8 Å². The number of carbonyl (C=O) groups excluding carboxylic acids is 1. The van der Waals surface area contributed by atoms with Crippen LogP contribution in [-0.2, 0) is 6.54 Å². The molecular formula is C17H19NO. The van der Waals surface area contributed by atoms with E-state index in [2.05, 4.69) is 23.6 Å². The summed E-state index contributed by atoms with van der Waals surface area (Å²) in [5.74, 6) is 0.662. The van der Waals surface area contributed by atoms with E-state index in [4.69, 9.17) is 0 Å². The van der Waals surface area contributed by atoms with Crippen molar-refractivity contribution >= 4 is 17.2 Å². The molecule has 0 radical (unpaired) electrons. The summed E-state index contributed by atoms with van der Waals surface area (Å²) in [5.41, 5.74) is 3.45. The van der Waals surface area contributed by atoms with Crippen LogP contribution in [0.3, 0.4) is 0 Å². The van der Waals surface area contributed by atoms with E-state index in [1.165, 1.54) is 24.8 Å². The van der Waals surface area contributed by atoms with Gasteiger partial charge in [0.05, 0.1) is 0 Å². The van der Waals surface area contributed by atoms with Gasteiger partial charge in [-0.3, -0.25) is 4.79 Å². The van der Waals surface area contributed by atoms with Crippen molar-refractivity contribution in [2.45, 2.75) is 32.7 Å². The second-order valence-electron chi connectivity index (χ2n) is 5.46. The average molecular weight is 253 g/mol. The lowest BCUT2D eigenvalue weighted by atomic mass is 9.89. The highest BCUT2D eigenvalue weighted by Crippen LogP contribution is 2.28. The highest BCUT2D eigenvalue weighted by atomic mass is 16.1. The lowest BCUT2D eigenvalue weighted by Crippen LogP contribution is -2.10. The number of hydrogen-bond acceptors (Lipinski definition) is 1. The molecule has 98 valence electrons. The van der Waals surface area contributed by atoms with Crippen molar-refractivity contribution in [3.8, 4) is 0 Å². The fourth-order valence-corrected chi connectivity index (χ4v) is 3.02. The molecule has 1 aliphatic carbocycles. The molecule has 0 N–H and O–H groups in total. The Morgan fingerprint density at radius 1 is 1.37 bits per heavy atom. The van der Waals surface area contributed by atoms with Gasteiger partial charge in [0.25, 0.3) is 0 Å². The smallest absolute Gasteiger partial charge is 0.152 e. The van der Waals surface area contributed by atoms with Crippen molar-refractivity contribution in [2.75, 3.05) is 0 Å². The van der Waals surface area contributed by atoms with E-state index >= 15 is 0 Å². The Hall–Kier alpha value is -1.83. The fraction of sp³-hybridized carbons (Fsp3) is 0.353. The lowest BCUT2D eigenvalue weighted by molar-refractivity contribution is 0.112. The van der Waals surface area contributed by atoms with Crippen LogP contribution in [-0.4, -0.2) is 10.9 Å². The summed E-state index contributed by atoms with van der Waals surface area (Å²) >= 11 is 0. The number of rotatable bonds is 3. The van der Waals surface area contributed by atoms with Crippen molar-refractivity contribution in [3.63, 3.8) is 0 Å². The van der Waals surface area contributed by atoms with Crippen molar-refractivity contribution in [1.29, 1.82) is 0 Å². The van der Waals surface area contributed by atoms with E-state index in [-0.39, 0.29) is 0 Å². The van der Waals surface area contributed by atoms with E-state index in [1.807, 2.05) is 24.4 Å². The zero-order valence-corrected chi connectivity index (χ0v) is 11.3. The molecule has 3 rings (SSSR count). The summed E-state index contributed by atoms with van der Waals surface area (Å²) in [6.45, 7) is 3.22. The van der Waals surface area contributed by atoms with Crippen LogP contribution in [0, 0.1) is 5.92 Å². The summed E-state index contributed by atoms with van der Waals surface area (Å²) in [6, 6.07) is 8.14. The minimum atomic E-state index is 0.662. The molecule has 0 fully saturated rings. The summed E-state index contributed by atoms with van der Waals surface area (Å²) in [5, 5.41) is 1.06. The summed E-state index contributed by atoms with van der Waals surface area (Å²) in [7, 11) is 0. The average Bonchev–Trinajstić information content (AvgIpc) is 2.80. The van der Waals surface area contributed by atoms with Gasteiger partial charge in [-0.25, -0.2) is 0 Å². The molecule has 1 aromatic carbocycles. The van der Waals surface area contributed by atoms with Gasteiger partial charge in [-0.2, -0.15) is 0 Å². The monoisotopic (exact) mass is 253 g/mol. The van der Waals surface area contributed by atoms with Gasteiger partial charge in [-0.05, 0) is 31.2 Å². The van der Waals surface area contributed by atoms with Crippen LogP contribution in [0.1, 0.15) is 36.5 Å².